The van der Waals surface area contributed by atoms with E-state index in [1.807, 2.05) is 0 Å². The second kappa shape index (κ2) is 13.4. The van der Waals surface area contributed by atoms with Crippen LogP contribution >= 0.6 is 0 Å². The van der Waals surface area contributed by atoms with Gasteiger partial charge in [-0.25, -0.2) is 9.59 Å². The van der Waals surface area contributed by atoms with Gasteiger partial charge in [0.05, 0.1) is 19.6 Å². The lowest BCUT2D eigenvalue weighted by Gasteiger charge is -2.38. The predicted molar refractivity (Wildman–Crippen MR) is 103 cm³/mol. The van der Waals surface area contributed by atoms with Gasteiger partial charge in [0.25, 0.3) is 0 Å². The molecule has 0 radical (unpaired) electrons. The van der Waals surface area contributed by atoms with Gasteiger partial charge in [-0.1, -0.05) is 58.2 Å². The fraction of sp³-hybridized carbons (Fsp3) is 0.600. The molecule has 1 rings (SSSR count). The zero-order valence-electron chi connectivity index (χ0n) is 15.9. The normalized spacial score (nSPS) is 10.7. The summed E-state index contributed by atoms with van der Waals surface area (Å²) in [7, 11) is 0. The van der Waals surface area contributed by atoms with Crippen molar-refractivity contribution in [2.75, 3.05) is 19.6 Å². The number of aliphatic carboxylic acids is 2. The van der Waals surface area contributed by atoms with E-state index in [1.165, 1.54) is 68.3 Å². The Bertz CT molecular complexity index is 454. The second-order valence-electron chi connectivity index (χ2n) is 6.32. The predicted octanol–water partition coefficient (Wildman–Crippen LogP) is 4.55. The Morgan fingerprint density at radius 1 is 0.760 bits per heavy atom. The molecule has 0 atom stereocenters. The largest absolute Gasteiger partial charge is 0.473 e. The number of hydrogen-bond acceptors (Lipinski definition) is 2. The molecule has 0 saturated carbocycles. The molecule has 0 aliphatic rings. The number of unbranched alkanes of at least 4 members (excludes halogenated alkanes) is 3. The standard InChI is InChI=1S/C18H32N.C2H2O4/c1-4-7-15-19(16-8-5-2,17-9-6-3)18-13-11-10-12-14-18;3-1(4)2(5)6/h10-14H,4-9,15-17H2,1-3H3;(H,3,4)(H,5,6)/q+1;. The van der Waals surface area contributed by atoms with Gasteiger partial charge in [0.15, 0.2) is 0 Å². The van der Waals surface area contributed by atoms with Gasteiger partial charge < -0.3 is 10.2 Å². The van der Waals surface area contributed by atoms with Crippen molar-refractivity contribution in [3.8, 4) is 0 Å². The molecule has 0 aromatic heterocycles. The topological polar surface area (TPSA) is 74.6 Å². The van der Waals surface area contributed by atoms with E-state index in [0.717, 1.165) is 0 Å². The molecule has 0 saturated heterocycles. The molecule has 0 aliphatic heterocycles. The molecular weight excluding hydrogens is 318 g/mol. The van der Waals surface area contributed by atoms with Gasteiger partial charge in [-0.2, -0.15) is 0 Å². The summed E-state index contributed by atoms with van der Waals surface area (Å²) in [5.74, 6) is -3.65. The van der Waals surface area contributed by atoms with E-state index in [0.29, 0.717) is 0 Å². The van der Waals surface area contributed by atoms with Crippen molar-refractivity contribution < 1.29 is 19.8 Å². The summed E-state index contributed by atoms with van der Waals surface area (Å²) < 4.78 is 1.20. The molecule has 1 aromatic rings. The minimum absolute atomic E-state index is 1.20. The maximum absolute atomic E-state index is 9.10. The Morgan fingerprint density at radius 2 is 1.12 bits per heavy atom. The second-order valence-corrected chi connectivity index (χ2v) is 6.32. The highest BCUT2D eigenvalue weighted by atomic mass is 16.4. The molecule has 142 valence electrons. The minimum Gasteiger partial charge on any atom is -0.473 e. The number of nitrogens with zero attached hydrogens (tertiary/aromatic N) is 1. The Labute approximate surface area is 151 Å². The van der Waals surface area contributed by atoms with Crippen LogP contribution in [0.15, 0.2) is 30.3 Å². The van der Waals surface area contributed by atoms with Crippen LogP contribution in [0.2, 0.25) is 0 Å². The molecule has 0 aliphatic carbocycles. The van der Waals surface area contributed by atoms with Crippen molar-refractivity contribution in [1.29, 1.82) is 0 Å². The lowest BCUT2D eigenvalue weighted by Crippen LogP contribution is -2.51. The number of carboxylic acids is 2. The number of carboxylic acid groups (broad SMARTS) is 2. The van der Waals surface area contributed by atoms with Crippen LogP contribution in [0.4, 0.5) is 5.69 Å². The zero-order chi connectivity index (χ0) is 19.1. The van der Waals surface area contributed by atoms with E-state index >= 15 is 0 Å². The first-order chi connectivity index (χ1) is 11.9. The van der Waals surface area contributed by atoms with Crippen molar-refractivity contribution in [3.05, 3.63) is 30.3 Å². The van der Waals surface area contributed by atoms with Gasteiger partial charge in [0.2, 0.25) is 0 Å². The van der Waals surface area contributed by atoms with E-state index in [2.05, 4.69) is 51.1 Å². The van der Waals surface area contributed by atoms with E-state index in [-0.39, 0.29) is 0 Å². The van der Waals surface area contributed by atoms with Crippen LogP contribution in [0.1, 0.15) is 59.3 Å². The third-order valence-electron chi connectivity index (χ3n) is 4.31. The summed E-state index contributed by atoms with van der Waals surface area (Å²) >= 11 is 0. The number of quaternary nitrogens is 1. The Kier molecular flexibility index (Phi) is 12.4. The van der Waals surface area contributed by atoms with Crippen molar-refractivity contribution in [1.82, 2.24) is 4.48 Å². The van der Waals surface area contributed by atoms with Crippen LogP contribution in [-0.4, -0.2) is 41.8 Å². The van der Waals surface area contributed by atoms with Crippen molar-refractivity contribution in [2.45, 2.75) is 59.3 Å². The SMILES string of the molecule is CCCC[N+](CCCC)(CCCC)c1ccccc1.O=C(O)C(=O)O. The highest BCUT2D eigenvalue weighted by molar-refractivity contribution is 6.27. The van der Waals surface area contributed by atoms with Gasteiger partial charge in [-0.15, -0.1) is 0 Å². The molecule has 2 N–H and O–H groups in total. The lowest BCUT2D eigenvalue weighted by atomic mass is 10.1. The molecule has 0 fully saturated rings. The van der Waals surface area contributed by atoms with Crippen LogP contribution in [0.25, 0.3) is 0 Å². The molecule has 0 spiro atoms. The highest BCUT2D eigenvalue weighted by Gasteiger charge is 2.28. The number of rotatable bonds is 10. The Hall–Kier alpha value is -1.88. The van der Waals surface area contributed by atoms with Crippen LogP contribution in [0.3, 0.4) is 0 Å². The molecule has 0 unspecified atom stereocenters. The highest BCUT2D eigenvalue weighted by Crippen LogP contribution is 2.26. The van der Waals surface area contributed by atoms with Crippen LogP contribution in [0.5, 0.6) is 0 Å². The number of hydrogen-bond donors (Lipinski definition) is 2. The molecule has 0 heterocycles. The van der Waals surface area contributed by atoms with Crippen LogP contribution < -0.4 is 4.48 Å². The first-order valence-corrected chi connectivity index (χ1v) is 9.31. The summed E-state index contributed by atoms with van der Waals surface area (Å²) in [4.78, 5) is 18.2. The van der Waals surface area contributed by atoms with Gasteiger partial charge in [-0.05, 0) is 31.4 Å². The van der Waals surface area contributed by atoms with E-state index in [1.54, 1.807) is 0 Å². The summed E-state index contributed by atoms with van der Waals surface area (Å²) in [6.07, 6.45) is 7.90. The molecule has 5 heteroatoms. The van der Waals surface area contributed by atoms with E-state index < -0.39 is 11.9 Å². The maximum Gasteiger partial charge on any atom is 0.414 e. The molecular formula is C20H34NO4+. The van der Waals surface area contributed by atoms with Gasteiger partial charge in [0, 0.05) is 0 Å². The average Bonchev–Trinajstić information content (AvgIpc) is 2.62. The fourth-order valence-electron chi connectivity index (χ4n) is 2.85. The van der Waals surface area contributed by atoms with E-state index in [4.69, 9.17) is 19.8 Å². The summed E-state index contributed by atoms with van der Waals surface area (Å²) in [5.41, 5.74) is 1.53. The van der Waals surface area contributed by atoms with Crippen molar-refractivity contribution >= 4 is 17.6 Å². The van der Waals surface area contributed by atoms with Gasteiger partial charge in [-0.3, -0.25) is 4.48 Å². The van der Waals surface area contributed by atoms with Gasteiger partial charge >= 0.3 is 11.9 Å². The molecule has 1 aromatic carbocycles. The van der Waals surface area contributed by atoms with Crippen molar-refractivity contribution in [3.63, 3.8) is 0 Å². The minimum atomic E-state index is -1.82. The third kappa shape index (κ3) is 9.25. The molecule has 5 nitrogen and oxygen atoms in total. The smallest absolute Gasteiger partial charge is 0.414 e. The maximum atomic E-state index is 9.10. The fourth-order valence-corrected chi connectivity index (χ4v) is 2.85. The Balaban J connectivity index is 0.000000823. The quantitative estimate of drug-likeness (QED) is 0.478. The van der Waals surface area contributed by atoms with Crippen LogP contribution in [0, 0.1) is 0 Å². The molecule has 0 amide bonds. The lowest BCUT2D eigenvalue weighted by molar-refractivity contribution is -0.159. The number of carbonyl (C=O) groups is 2. The van der Waals surface area contributed by atoms with Crippen LogP contribution in [-0.2, 0) is 9.59 Å². The zero-order valence-corrected chi connectivity index (χ0v) is 15.9. The monoisotopic (exact) mass is 352 g/mol. The van der Waals surface area contributed by atoms with Gasteiger partial charge in [0.1, 0.15) is 5.69 Å². The summed E-state index contributed by atoms with van der Waals surface area (Å²) in [6.45, 7) is 10.8. The Morgan fingerprint density at radius 3 is 1.40 bits per heavy atom. The average molecular weight is 352 g/mol. The molecule has 0 bridgehead atoms. The third-order valence-corrected chi connectivity index (χ3v) is 4.31. The molecule has 25 heavy (non-hydrogen) atoms. The van der Waals surface area contributed by atoms with E-state index in [9.17, 15) is 0 Å². The first-order valence-electron chi connectivity index (χ1n) is 9.31. The summed E-state index contributed by atoms with van der Waals surface area (Å²) in [6, 6.07) is 11.2. The number of para-hydroxylation sites is 1. The van der Waals surface area contributed by atoms with Crippen molar-refractivity contribution in [2.24, 2.45) is 0 Å². The summed E-state index contributed by atoms with van der Waals surface area (Å²) in [5, 5.41) is 14.8. The first kappa shape index (κ1) is 23.1. The number of benzene rings is 1.